The number of Topliss-reactive ketones (excluding diaryl/α,β-unsaturated/α-hetero) is 1. The first-order valence-electron chi connectivity index (χ1n) is 5.21. The first-order chi connectivity index (χ1) is 7.85. The molecule has 0 aliphatic carbocycles. The van der Waals surface area contributed by atoms with Crippen LogP contribution in [0.4, 0.5) is 0 Å². The number of phenolic OH excluding ortho intramolecular Hbond substituents is 1. The third-order valence-corrected chi connectivity index (χ3v) is 2.79. The van der Waals surface area contributed by atoms with E-state index in [1.807, 2.05) is 0 Å². The topological polar surface area (TPSA) is 76.0 Å². The van der Waals surface area contributed by atoms with Gasteiger partial charge in [-0.15, -0.1) is 0 Å². The summed E-state index contributed by atoms with van der Waals surface area (Å²) in [5, 5.41) is 19.7. The van der Waals surface area contributed by atoms with Crippen LogP contribution in [-0.4, -0.2) is 28.9 Å². The molecule has 1 aromatic carbocycles. The van der Waals surface area contributed by atoms with Crippen molar-refractivity contribution in [2.75, 3.05) is 7.11 Å². The number of rotatable bonds is 1. The zero-order valence-electron chi connectivity index (χ0n) is 9.90. The van der Waals surface area contributed by atoms with Gasteiger partial charge in [-0.1, -0.05) is 0 Å². The third kappa shape index (κ3) is 1.82. The number of benzene rings is 1. The van der Waals surface area contributed by atoms with Crippen molar-refractivity contribution >= 4 is 5.78 Å². The molecular weight excluding hydrogens is 224 g/mol. The Balaban J connectivity index is 2.65. The van der Waals surface area contributed by atoms with Gasteiger partial charge in [0.2, 0.25) is 5.79 Å². The fourth-order valence-electron chi connectivity index (χ4n) is 1.94. The van der Waals surface area contributed by atoms with Crippen molar-refractivity contribution in [1.82, 2.24) is 0 Å². The molecule has 5 heteroatoms. The molecule has 1 aliphatic heterocycles. The van der Waals surface area contributed by atoms with Gasteiger partial charge in [0.15, 0.2) is 5.78 Å². The molecule has 1 atom stereocenters. The van der Waals surface area contributed by atoms with Gasteiger partial charge in [-0.3, -0.25) is 4.79 Å². The number of aromatic hydroxyl groups is 1. The standard InChI is InChI=1S/C12H14O5/c1-6-8(16-3)4-9-10(11(6)14)7(13)5-12(2,15)17-9/h4,14-15H,5H2,1-3H3/t12-/m1/s1. The monoisotopic (exact) mass is 238 g/mol. The van der Waals surface area contributed by atoms with Gasteiger partial charge in [0.05, 0.1) is 13.5 Å². The molecule has 1 heterocycles. The van der Waals surface area contributed by atoms with Gasteiger partial charge >= 0.3 is 0 Å². The molecule has 0 saturated carbocycles. The number of carbonyl (C=O) groups excluding carboxylic acids is 1. The van der Waals surface area contributed by atoms with Crippen molar-refractivity contribution in [2.24, 2.45) is 0 Å². The summed E-state index contributed by atoms with van der Waals surface area (Å²) in [6, 6.07) is 1.50. The minimum absolute atomic E-state index is 0.106. The van der Waals surface area contributed by atoms with Gasteiger partial charge in [-0.2, -0.15) is 0 Å². The van der Waals surface area contributed by atoms with Crippen LogP contribution in [0.2, 0.25) is 0 Å². The molecule has 17 heavy (non-hydrogen) atoms. The van der Waals surface area contributed by atoms with E-state index in [1.165, 1.54) is 20.1 Å². The molecule has 0 unspecified atom stereocenters. The summed E-state index contributed by atoms with van der Waals surface area (Å²) in [7, 11) is 1.46. The van der Waals surface area contributed by atoms with E-state index in [9.17, 15) is 15.0 Å². The number of ketones is 1. The average molecular weight is 238 g/mol. The van der Waals surface area contributed by atoms with Crippen molar-refractivity contribution in [1.29, 1.82) is 0 Å². The summed E-state index contributed by atoms with van der Waals surface area (Å²) < 4.78 is 10.3. The van der Waals surface area contributed by atoms with Crippen LogP contribution < -0.4 is 9.47 Å². The second kappa shape index (κ2) is 3.63. The van der Waals surface area contributed by atoms with Gasteiger partial charge in [-0.25, -0.2) is 0 Å². The quantitative estimate of drug-likeness (QED) is 0.773. The molecule has 0 fully saturated rings. The van der Waals surface area contributed by atoms with Crippen LogP contribution in [0.5, 0.6) is 17.2 Å². The Labute approximate surface area is 98.6 Å². The highest BCUT2D eigenvalue weighted by molar-refractivity contribution is 6.03. The average Bonchev–Trinajstić information content (AvgIpc) is 2.20. The number of hydrogen-bond acceptors (Lipinski definition) is 5. The highest BCUT2D eigenvalue weighted by Gasteiger charge is 2.37. The van der Waals surface area contributed by atoms with Crippen LogP contribution in [-0.2, 0) is 0 Å². The molecule has 5 nitrogen and oxygen atoms in total. The van der Waals surface area contributed by atoms with E-state index in [2.05, 4.69) is 0 Å². The van der Waals surface area contributed by atoms with Crippen molar-refractivity contribution in [3.05, 3.63) is 17.2 Å². The lowest BCUT2D eigenvalue weighted by atomic mass is 9.96. The molecule has 0 amide bonds. The molecule has 2 rings (SSSR count). The number of hydrogen-bond donors (Lipinski definition) is 2. The number of methoxy groups -OCH3 is 1. The van der Waals surface area contributed by atoms with E-state index in [4.69, 9.17) is 9.47 Å². The largest absolute Gasteiger partial charge is 0.507 e. The maximum absolute atomic E-state index is 11.8. The summed E-state index contributed by atoms with van der Waals surface area (Å²) in [6.07, 6.45) is -0.181. The van der Waals surface area contributed by atoms with Crippen molar-refractivity contribution < 1.29 is 24.5 Å². The number of ether oxygens (including phenoxy) is 2. The summed E-state index contributed by atoms with van der Waals surface area (Å²) in [4.78, 5) is 11.8. The van der Waals surface area contributed by atoms with Crippen molar-refractivity contribution in [3.8, 4) is 17.2 Å². The Morgan fingerprint density at radius 1 is 1.53 bits per heavy atom. The predicted octanol–water partition coefficient (Wildman–Crippen LogP) is 1.38. The molecule has 0 aromatic heterocycles. The Bertz CT molecular complexity index is 490. The van der Waals surface area contributed by atoms with Crippen LogP contribution in [0.25, 0.3) is 0 Å². The summed E-state index contributed by atoms with van der Waals surface area (Å²) in [6.45, 7) is 3.05. The lowest BCUT2D eigenvalue weighted by Gasteiger charge is -2.30. The van der Waals surface area contributed by atoms with Crippen LogP contribution in [0.1, 0.15) is 29.3 Å². The van der Waals surface area contributed by atoms with Crippen molar-refractivity contribution in [3.63, 3.8) is 0 Å². The maximum atomic E-state index is 11.8. The molecule has 2 N–H and O–H groups in total. The van der Waals surface area contributed by atoms with Gasteiger partial charge in [0.1, 0.15) is 22.8 Å². The molecule has 0 radical (unpaired) electrons. The number of phenols is 1. The predicted molar refractivity (Wildman–Crippen MR) is 59.6 cm³/mol. The minimum atomic E-state index is -1.54. The second-order valence-electron chi connectivity index (χ2n) is 4.30. The van der Waals surface area contributed by atoms with E-state index in [-0.39, 0.29) is 29.3 Å². The smallest absolute Gasteiger partial charge is 0.212 e. The molecule has 92 valence electrons. The lowest BCUT2D eigenvalue weighted by Crippen LogP contribution is -2.38. The van der Waals surface area contributed by atoms with Crippen molar-refractivity contribution in [2.45, 2.75) is 26.1 Å². The van der Waals surface area contributed by atoms with E-state index >= 15 is 0 Å². The fraction of sp³-hybridized carbons (Fsp3) is 0.417. The molecular formula is C12H14O5. The van der Waals surface area contributed by atoms with Gasteiger partial charge in [0, 0.05) is 18.6 Å². The Kier molecular flexibility index (Phi) is 2.50. The van der Waals surface area contributed by atoms with Gasteiger partial charge in [0.25, 0.3) is 0 Å². The normalized spacial score (nSPS) is 22.9. The first kappa shape index (κ1) is 11.7. The van der Waals surface area contributed by atoms with E-state index in [1.54, 1.807) is 6.92 Å². The highest BCUT2D eigenvalue weighted by atomic mass is 16.6. The summed E-state index contributed by atoms with van der Waals surface area (Å²) in [5.74, 6) is -1.49. The zero-order chi connectivity index (χ0) is 12.8. The molecule has 1 aromatic rings. The minimum Gasteiger partial charge on any atom is -0.507 e. The highest BCUT2D eigenvalue weighted by Crippen LogP contribution is 2.43. The molecule has 0 saturated heterocycles. The van der Waals surface area contributed by atoms with E-state index < -0.39 is 5.79 Å². The SMILES string of the molecule is COc1cc2c(c(O)c1C)C(=O)C[C@](C)(O)O2. The van der Waals surface area contributed by atoms with Gasteiger partial charge in [-0.05, 0) is 6.92 Å². The van der Waals surface area contributed by atoms with Crippen LogP contribution in [0, 0.1) is 6.92 Å². The van der Waals surface area contributed by atoms with Gasteiger partial charge < -0.3 is 19.7 Å². The maximum Gasteiger partial charge on any atom is 0.212 e. The number of carbonyl (C=O) groups is 1. The zero-order valence-corrected chi connectivity index (χ0v) is 9.90. The number of aliphatic hydroxyl groups is 1. The third-order valence-electron chi connectivity index (χ3n) is 2.79. The first-order valence-corrected chi connectivity index (χ1v) is 5.21. The molecule has 0 bridgehead atoms. The molecule has 0 spiro atoms. The summed E-state index contributed by atoms with van der Waals surface area (Å²) >= 11 is 0. The molecule has 1 aliphatic rings. The second-order valence-corrected chi connectivity index (χ2v) is 4.30. The lowest BCUT2D eigenvalue weighted by molar-refractivity contribution is -0.123. The fourth-order valence-corrected chi connectivity index (χ4v) is 1.94. The van der Waals surface area contributed by atoms with E-state index in [0.717, 1.165) is 0 Å². The number of fused-ring (bicyclic) bond motifs is 1. The Hall–Kier alpha value is -1.75. The van der Waals surface area contributed by atoms with Crippen LogP contribution >= 0.6 is 0 Å². The summed E-state index contributed by atoms with van der Waals surface area (Å²) in [5.41, 5.74) is 0.583. The van der Waals surface area contributed by atoms with Crippen LogP contribution in [0.3, 0.4) is 0 Å². The Morgan fingerprint density at radius 2 is 2.18 bits per heavy atom. The van der Waals surface area contributed by atoms with Crippen LogP contribution in [0.15, 0.2) is 6.07 Å². The Morgan fingerprint density at radius 3 is 2.76 bits per heavy atom. The van der Waals surface area contributed by atoms with E-state index in [0.29, 0.717) is 11.3 Å².